The van der Waals surface area contributed by atoms with Gasteiger partial charge in [0.1, 0.15) is 5.82 Å². The van der Waals surface area contributed by atoms with Crippen LogP contribution in [0.3, 0.4) is 0 Å². The SMILES string of the molecule is CC1(CNC(=O)CCCNC(=O)c2ccc(F)cc2)CCNCC1.Cl. The van der Waals surface area contributed by atoms with E-state index in [9.17, 15) is 14.0 Å². The molecular formula is C18H27ClFN3O2. The molecule has 1 heterocycles. The average Bonchev–Trinajstić information content (AvgIpc) is 2.58. The number of hydrogen-bond acceptors (Lipinski definition) is 3. The summed E-state index contributed by atoms with van der Waals surface area (Å²) >= 11 is 0. The molecule has 1 fully saturated rings. The van der Waals surface area contributed by atoms with E-state index in [1.54, 1.807) is 0 Å². The fourth-order valence-electron chi connectivity index (χ4n) is 2.76. The number of carbonyl (C=O) groups excluding carboxylic acids is 2. The van der Waals surface area contributed by atoms with Crippen molar-refractivity contribution in [3.05, 3.63) is 35.6 Å². The van der Waals surface area contributed by atoms with Crippen LogP contribution >= 0.6 is 12.4 Å². The van der Waals surface area contributed by atoms with Gasteiger partial charge in [-0.1, -0.05) is 6.92 Å². The van der Waals surface area contributed by atoms with Crippen LogP contribution < -0.4 is 16.0 Å². The molecule has 25 heavy (non-hydrogen) atoms. The van der Waals surface area contributed by atoms with Crippen molar-refractivity contribution < 1.29 is 14.0 Å². The highest BCUT2D eigenvalue weighted by Crippen LogP contribution is 2.26. The Balaban J connectivity index is 0.00000312. The Hall–Kier alpha value is -1.66. The van der Waals surface area contributed by atoms with E-state index in [4.69, 9.17) is 0 Å². The summed E-state index contributed by atoms with van der Waals surface area (Å²) in [7, 11) is 0. The molecule has 0 unspecified atom stereocenters. The molecule has 0 aromatic heterocycles. The molecule has 1 aromatic rings. The second-order valence-electron chi connectivity index (χ2n) is 6.70. The second-order valence-corrected chi connectivity index (χ2v) is 6.70. The number of amides is 2. The van der Waals surface area contributed by atoms with E-state index in [-0.39, 0.29) is 35.5 Å². The number of nitrogens with one attached hydrogen (secondary N) is 3. The van der Waals surface area contributed by atoms with E-state index in [0.29, 0.717) is 31.5 Å². The number of halogens is 2. The van der Waals surface area contributed by atoms with Crippen molar-refractivity contribution in [1.82, 2.24) is 16.0 Å². The molecule has 2 rings (SSSR count). The minimum Gasteiger partial charge on any atom is -0.356 e. The minimum atomic E-state index is -0.370. The van der Waals surface area contributed by atoms with E-state index in [1.807, 2.05) is 0 Å². The molecule has 2 amide bonds. The Morgan fingerprint density at radius 1 is 1.16 bits per heavy atom. The highest BCUT2D eigenvalue weighted by atomic mass is 35.5. The lowest BCUT2D eigenvalue weighted by Gasteiger charge is -2.34. The molecule has 0 bridgehead atoms. The Bertz CT molecular complexity index is 560. The first kappa shape index (κ1) is 21.4. The second kappa shape index (κ2) is 10.4. The van der Waals surface area contributed by atoms with Crippen LogP contribution in [0.15, 0.2) is 24.3 Å². The molecule has 140 valence electrons. The van der Waals surface area contributed by atoms with Crippen molar-refractivity contribution >= 4 is 24.2 Å². The molecule has 0 atom stereocenters. The van der Waals surface area contributed by atoms with Crippen LogP contribution in [-0.4, -0.2) is 38.0 Å². The minimum absolute atomic E-state index is 0. The van der Waals surface area contributed by atoms with Crippen LogP contribution in [0.2, 0.25) is 0 Å². The monoisotopic (exact) mass is 371 g/mol. The Labute approximate surface area is 154 Å². The summed E-state index contributed by atoms with van der Waals surface area (Å²) in [6.45, 7) is 5.33. The summed E-state index contributed by atoms with van der Waals surface area (Å²) in [5.74, 6) is -0.603. The topological polar surface area (TPSA) is 70.2 Å². The van der Waals surface area contributed by atoms with Gasteiger partial charge in [0.2, 0.25) is 5.91 Å². The van der Waals surface area contributed by atoms with Crippen molar-refractivity contribution in [2.75, 3.05) is 26.2 Å². The van der Waals surface area contributed by atoms with Gasteiger partial charge in [-0.15, -0.1) is 12.4 Å². The normalized spacial score (nSPS) is 15.8. The summed E-state index contributed by atoms with van der Waals surface area (Å²) in [6.07, 6.45) is 3.11. The number of piperidine rings is 1. The maximum absolute atomic E-state index is 12.8. The van der Waals surface area contributed by atoms with Gasteiger partial charge in [-0.3, -0.25) is 9.59 Å². The zero-order chi connectivity index (χ0) is 17.4. The van der Waals surface area contributed by atoms with E-state index in [1.165, 1.54) is 24.3 Å². The van der Waals surface area contributed by atoms with E-state index in [0.717, 1.165) is 25.9 Å². The fourth-order valence-corrected chi connectivity index (χ4v) is 2.76. The van der Waals surface area contributed by atoms with Crippen molar-refractivity contribution in [2.24, 2.45) is 5.41 Å². The van der Waals surface area contributed by atoms with Crippen LogP contribution in [0.5, 0.6) is 0 Å². The number of rotatable bonds is 7. The van der Waals surface area contributed by atoms with Gasteiger partial charge in [0.05, 0.1) is 0 Å². The zero-order valence-electron chi connectivity index (χ0n) is 14.6. The number of carbonyl (C=O) groups is 2. The van der Waals surface area contributed by atoms with Gasteiger partial charge < -0.3 is 16.0 Å². The van der Waals surface area contributed by atoms with Crippen LogP contribution in [0.25, 0.3) is 0 Å². The summed E-state index contributed by atoms with van der Waals surface area (Å²) in [5.41, 5.74) is 0.595. The highest BCUT2D eigenvalue weighted by molar-refractivity contribution is 5.94. The maximum Gasteiger partial charge on any atom is 0.251 e. The molecule has 0 radical (unpaired) electrons. The van der Waals surface area contributed by atoms with Crippen LogP contribution in [0, 0.1) is 11.2 Å². The first-order valence-electron chi connectivity index (χ1n) is 8.50. The summed E-state index contributed by atoms with van der Waals surface area (Å²) in [6, 6.07) is 5.39. The molecule has 0 spiro atoms. The maximum atomic E-state index is 12.8. The zero-order valence-corrected chi connectivity index (χ0v) is 15.4. The van der Waals surface area contributed by atoms with Gasteiger partial charge in [-0.2, -0.15) is 0 Å². The van der Waals surface area contributed by atoms with Crippen LogP contribution in [-0.2, 0) is 4.79 Å². The Morgan fingerprint density at radius 3 is 2.44 bits per heavy atom. The molecular weight excluding hydrogens is 345 g/mol. The van der Waals surface area contributed by atoms with Crippen LogP contribution in [0.1, 0.15) is 43.0 Å². The molecule has 1 aliphatic rings. The predicted octanol–water partition coefficient (Wildman–Crippen LogP) is 2.26. The van der Waals surface area contributed by atoms with Crippen molar-refractivity contribution in [2.45, 2.75) is 32.6 Å². The molecule has 3 N–H and O–H groups in total. The summed E-state index contributed by atoms with van der Waals surface area (Å²) < 4.78 is 12.8. The van der Waals surface area contributed by atoms with Crippen LogP contribution in [0.4, 0.5) is 4.39 Å². The van der Waals surface area contributed by atoms with E-state index in [2.05, 4.69) is 22.9 Å². The Kier molecular flexibility index (Phi) is 8.86. The molecule has 0 aliphatic carbocycles. The summed E-state index contributed by atoms with van der Waals surface area (Å²) in [4.78, 5) is 23.7. The molecule has 1 aliphatic heterocycles. The highest BCUT2D eigenvalue weighted by Gasteiger charge is 2.26. The third kappa shape index (κ3) is 7.40. The summed E-state index contributed by atoms with van der Waals surface area (Å²) in [5, 5.41) is 9.06. The first-order chi connectivity index (χ1) is 11.5. The van der Waals surface area contributed by atoms with Gasteiger partial charge >= 0.3 is 0 Å². The lowest BCUT2D eigenvalue weighted by molar-refractivity contribution is -0.121. The third-order valence-electron chi connectivity index (χ3n) is 4.50. The van der Waals surface area contributed by atoms with Gasteiger partial charge in [-0.05, 0) is 62.0 Å². The Morgan fingerprint density at radius 2 is 1.80 bits per heavy atom. The fraction of sp³-hybridized carbons (Fsp3) is 0.556. The van der Waals surface area contributed by atoms with E-state index < -0.39 is 0 Å². The van der Waals surface area contributed by atoms with Crippen molar-refractivity contribution in [3.8, 4) is 0 Å². The van der Waals surface area contributed by atoms with Gasteiger partial charge in [0, 0.05) is 25.1 Å². The first-order valence-corrected chi connectivity index (χ1v) is 8.50. The smallest absolute Gasteiger partial charge is 0.251 e. The third-order valence-corrected chi connectivity index (χ3v) is 4.50. The van der Waals surface area contributed by atoms with Gasteiger partial charge in [0.15, 0.2) is 0 Å². The molecule has 5 nitrogen and oxygen atoms in total. The quantitative estimate of drug-likeness (QED) is 0.644. The molecule has 0 saturated carbocycles. The average molecular weight is 372 g/mol. The van der Waals surface area contributed by atoms with Crippen molar-refractivity contribution in [1.29, 1.82) is 0 Å². The standard InChI is InChI=1S/C18H26FN3O2.ClH/c1-18(8-11-20-12-9-18)13-22-16(23)3-2-10-21-17(24)14-4-6-15(19)7-5-14;/h4-7,20H,2-3,8-13H2,1H3,(H,21,24)(H,22,23);1H. The predicted molar refractivity (Wildman–Crippen MR) is 98.4 cm³/mol. The molecule has 1 saturated heterocycles. The van der Waals surface area contributed by atoms with E-state index >= 15 is 0 Å². The number of hydrogen-bond donors (Lipinski definition) is 3. The van der Waals surface area contributed by atoms with Gasteiger partial charge in [-0.25, -0.2) is 4.39 Å². The largest absolute Gasteiger partial charge is 0.356 e. The lowest BCUT2D eigenvalue weighted by atomic mass is 9.81. The lowest BCUT2D eigenvalue weighted by Crippen LogP contribution is -2.43. The number of benzene rings is 1. The van der Waals surface area contributed by atoms with Gasteiger partial charge in [0.25, 0.3) is 5.91 Å². The molecule has 1 aromatic carbocycles. The van der Waals surface area contributed by atoms with Crippen molar-refractivity contribution in [3.63, 3.8) is 0 Å². The molecule has 7 heteroatoms.